The molecule has 1 N–H and O–H groups in total. The van der Waals surface area contributed by atoms with E-state index < -0.39 is 0 Å². The molecule has 1 aromatic heterocycles. The minimum absolute atomic E-state index is 0.0912. The van der Waals surface area contributed by atoms with Crippen LogP contribution in [0.3, 0.4) is 0 Å². The third-order valence-electron chi connectivity index (χ3n) is 3.90. The second-order valence-electron chi connectivity index (χ2n) is 5.66. The van der Waals surface area contributed by atoms with Crippen LogP contribution < -0.4 is 5.56 Å². The molecule has 0 spiro atoms. The summed E-state index contributed by atoms with van der Waals surface area (Å²) in [6.07, 6.45) is 2.95. The summed E-state index contributed by atoms with van der Waals surface area (Å²) in [5, 5.41) is 0.535. The van der Waals surface area contributed by atoms with E-state index in [1.165, 1.54) is 18.2 Å². The lowest BCUT2D eigenvalue weighted by Crippen LogP contribution is -2.40. The van der Waals surface area contributed by atoms with Crippen LogP contribution in [0.15, 0.2) is 9.95 Å². The van der Waals surface area contributed by atoms with Crippen molar-refractivity contribution in [2.45, 2.75) is 45.2 Å². The first-order chi connectivity index (χ1) is 10.0. The number of nitrogens with one attached hydrogen (secondary N) is 1. The van der Waals surface area contributed by atoms with Crippen LogP contribution in [-0.4, -0.2) is 39.6 Å². The number of aromatic amines is 1. The molecular weight excluding hydrogens is 286 g/mol. The zero-order valence-corrected chi connectivity index (χ0v) is 13.8. The Hall–Kier alpha value is -1.30. The van der Waals surface area contributed by atoms with Crippen LogP contribution in [0, 0.1) is 12.8 Å². The molecule has 1 aliphatic heterocycles. The van der Waals surface area contributed by atoms with E-state index in [1.54, 1.807) is 0 Å². The molecule has 1 aliphatic rings. The number of rotatable bonds is 4. The quantitative estimate of drug-likeness (QED) is 0.682. The largest absolute Gasteiger partial charge is 0.342 e. The molecule has 2 heterocycles. The van der Waals surface area contributed by atoms with Gasteiger partial charge in [-0.3, -0.25) is 9.59 Å². The van der Waals surface area contributed by atoms with E-state index in [0.717, 1.165) is 30.8 Å². The number of thioether (sulfide) groups is 1. The fraction of sp³-hybridized carbons (Fsp3) is 0.667. The monoisotopic (exact) mass is 309 g/mol. The summed E-state index contributed by atoms with van der Waals surface area (Å²) in [5.74, 6) is 1.05. The Morgan fingerprint density at radius 3 is 2.90 bits per heavy atom. The van der Waals surface area contributed by atoms with Gasteiger partial charge in [-0.25, -0.2) is 4.98 Å². The highest BCUT2D eigenvalue weighted by molar-refractivity contribution is 7.99. The standard InChI is InChI=1S/C15H23N3O2S/c1-4-12-11(3)16-15(17-14(12)20)21-9-13(19)18-7-5-6-10(2)8-18/h10H,4-9H2,1-3H3,(H,16,17,20). The number of carbonyl (C=O) groups is 1. The molecule has 0 aliphatic carbocycles. The molecule has 116 valence electrons. The summed E-state index contributed by atoms with van der Waals surface area (Å²) < 4.78 is 0. The average Bonchev–Trinajstić information content (AvgIpc) is 2.44. The SMILES string of the molecule is CCc1c(C)nc(SCC(=O)N2CCCC(C)C2)[nH]c1=O. The molecule has 0 bridgehead atoms. The molecular formula is C15H23N3O2S. The fourth-order valence-corrected chi connectivity index (χ4v) is 3.52. The third-order valence-corrected chi connectivity index (χ3v) is 4.75. The van der Waals surface area contributed by atoms with Gasteiger partial charge in [-0.2, -0.15) is 0 Å². The van der Waals surface area contributed by atoms with Crippen LogP contribution in [0.5, 0.6) is 0 Å². The fourth-order valence-electron chi connectivity index (χ4n) is 2.71. The molecule has 6 heteroatoms. The summed E-state index contributed by atoms with van der Waals surface area (Å²) in [6, 6.07) is 0. The van der Waals surface area contributed by atoms with E-state index >= 15 is 0 Å². The normalized spacial score (nSPS) is 18.8. The maximum Gasteiger partial charge on any atom is 0.254 e. The predicted octanol–water partition coefficient (Wildman–Crippen LogP) is 1.99. The molecule has 1 amide bonds. The van der Waals surface area contributed by atoms with Crippen molar-refractivity contribution in [1.82, 2.24) is 14.9 Å². The first-order valence-corrected chi connectivity index (χ1v) is 8.50. The first-order valence-electron chi connectivity index (χ1n) is 7.51. The van der Waals surface area contributed by atoms with Crippen molar-refractivity contribution in [2.24, 2.45) is 5.92 Å². The van der Waals surface area contributed by atoms with Crippen molar-refractivity contribution in [2.75, 3.05) is 18.8 Å². The first kappa shape index (κ1) is 16.1. The summed E-state index contributed by atoms with van der Waals surface area (Å²) >= 11 is 1.31. The number of aryl methyl sites for hydroxylation is 1. The number of piperidine rings is 1. The minimum atomic E-state index is -0.0912. The molecule has 1 atom stereocenters. The Bertz CT molecular complexity index is 571. The van der Waals surface area contributed by atoms with Gasteiger partial charge in [0.2, 0.25) is 5.91 Å². The highest BCUT2D eigenvalue weighted by Crippen LogP contribution is 2.18. The van der Waals surface area contributed by atoms with E-state index in [9.17, 15) is 9.59 Å². The summed E-state index contributed by atoms with van der Waals surface area (Å²) in [6.45, 7) is 7.65. The van der Waals surface area contributed by atoms with Gasteiger partial charge in [0.15, 0.2) is 5.16 Å². The van der Waals surface area contributed by atoms with Crippen molar-refractivity contribution in [1.29, 1.82) is 0 Å². The van der Waals surface area contributed by atoms with E-state index in [1.807, 2.05) is 18.7 Å². The summed E-state index contributed by atoms with van der Waals surface area (Å²) in [7, 11) is 0. The average molecular weight is 309 g/mol. The molecule has 0 saturated carbocycles. The predicted molar refractivity (Wildman–Crippen MR) is 84.7 cm³/mol. The number of aromatic nitrogens is 2. The van der Waals surface area contributed by atoms with E-state index in [4.69, 9.17) is 0 Å². The second kappa shape index (κ2) is 7.11. The molecule has 1 aromatic rings. The number of hydrogen-bond acceptors (Lipinski definition) is 4. The number of hydrogen-bond donors (Lipinski definition) is 1. The molecule has 5 nitrogen and oxygen atoms in total. The van der Waals surface area contributed by atoms with Gasteiger partial charge < -0.3 is 9.88 Å². The number of H-pyrrole nitrogens is 1. The van der Waals surface area contributed by atoms with E-state index in [2.05, 4.69) is 16.9 Å². The van der Waals surface area contributed by atoms with Gasteiger partial charge in [-0.05, 0) is 32.1 Å². The van der Waals surface area contributed by atoms with Gasteiger partial charge in [0.1, 0.15) is 0 Å². The topological polar surface area (TPSA) is 66.1 Å². The van der Waals surface area contributed by atoms with E-state index in [-0.39, 0.29) is 11.5 Å². The second-order valence-corrected chi connectivity index (χ2v) is 6.63. The molecule has 1 saturated heterocycles. The van der Waals surface area contributed by atoms with Crippen molar-refractivity contribution < 1.29 is 4.79 Å². The van der Waals surface area contributed by atoms with Crippen LogP contribution in [0.4, 0.5) is 0 Å². The minimum Gasteiger partial charge on any atom is -0.342 e. The van der Waals surface area contributed by atoms with Crippen LogP contribution in [0.1, 0.15) is 37.9 Å². The van der Waals surface area contributed by atoms with Crippen molar-refractivity contribution >= 4 is 17.7 Å². The van der Waals surface area contributed by atoms with Gasteiger partial charge in [0.25, 0.3) is 5.56 Å². The number of amides is 1. The zero-order chi connectivity index (χ0) is 15.4. The lowest BCUT2D eigenvalue weighted by molar-refractivity contribution is -0.130. The van der Waals surface area contributed by atoms with Gasteiger partial charge >= 0.3 is 0 Å². The van der Waals surface area contributed by atoms with Crippen molar-refractivity contribution in [3.63, 3.8) is 0 Å². The van der Waals surface area contributed by atoms with Crippen molar-refractivity contribution in [3.05, 3.63) is 21.6 Å². The Morgan fingerprint density at radius 1 is 1.52 bits per heavy atom. The highest BCUT2D eigenvalue weighted by Gasteiger charge is 2.21. The third kappa shape index (κ3) is 4.09. The van der Waals surface area contributed by atoms with Crippen molar-refractivity contribution in [3.8, 4) is 0 Å². The van der Waals surface area contributed by atoms with E-state index in [0.29, 0.717) is 23.2 Å². The lowest BCUT2D eigenvalue weighted by atomic mass is 10.0. The van der Waals surface area contributed by atoms with Crippen LogP contribution in [-0.2, 0) is 11.2 Å². The van der Waals surface area contributed by atoms with Crippen LogP contribution in [0.2, 0.25) is 0 Å². The van der Waals surface area contributed by atoms with Gasteiger partial charge in [-0.15, -0.1) is 0 Å². The highest BCUT2D eigenvalue weighted by atomic mass is 32.2. The molecule has 2 rings (SSSR count). The molecule has 1 unspecified atom stereocenters. The molecule has 21 heavy (non-hydrogen) atoms. The molecule has 1 fully saturated rings. The van der Waals surface area contributed by atoms with Gasteiger partial charge in [-0.1, -0.05) is 25.6 Å². The van der Waals surface area contributed by atoms with Gasteiger partial charge in [0.05, 0.1) is 5.75 Å². The number of nitrogens with zero attached hydrogens (tertiary/aromatic N) is 2. The van der Waals surface area contributed by atoms with Crippen LogP contribution in [0.25, 0.3) is 0 Å². The molecule has 0 aromatic carbocycles. The Balaban J connectivity index is 1.96. The summed E-state index contributed by atoms with van der Waals surface area (Å²) in [4.78, 5) is 33.1. The Morgan fingerprint density at radius 2 is 2.29 bits per heavy atom. The Kier molecular flexibility index (Phi) is 5.45. The maximum atomic E-state index is 12.2. The Labute approximate surface area is 129 Å². The lowest BCUT2D eigenvalue weighted by Gasteiger charge is -2.30. The number of carbonyl (C=O) groups excluding carboxylic acids is 1. The maximum absolute atomic E-state index is 12.2. The summed E-state index contributed by atoms with van der Waals surface area (Å²) in [5.41, 5.74) is 1.38. The zero-order valence-electron chi connectivity index (χ0n) is 12.9. The number of likely N-dealkylation sites (tertiary alicyclic amines) is 1. The smallest absolute Gasteiger partial charge is 0.254 e. The van der Waals surface area contributed by atoms with Gasteiger partial charge in [0, 0.05) is 24.3 Å². The molecule has 0 radical (unpaired) electrons. The van der Waals surface area contributed by atoms with Crippen LogP contribution >= 0.6 is 11.8 Å².